The van der Waals surface area contributed by atoms with Gasteiger partial charge in [0.15, 0.2) is 0 Å². The average molecular weight is 282 g/mol. The van der Waals surface area contributed by atoms with Crippen molar-refractivity contribution in [3.63, 3.8) is 0 Å². The molecule has 0 aromatic carbocycles. The van der Waals surface area contributed by atoms with Gasteiger partial charge < -0.3 is 10.4 Å². The van der Waals surface area contributed by atoms with Crippen LogP contribution in [0.5, 0.6) is 0 Å². The summed E-state index contributed by atoms with van der Waals surface area (Å²) in [4.78, 5) is 25.4. The van der Waals surface area contributed by atoms with E-state index in [1.807, 2.05) is 11.8 Å². The number of likely N-dealkylation sites (tertiary alicyclic amines) is 1. The molecule has 1 heterocycles. The third-order valence-electron chi connectivity index (χ3n) is 4.97. The van der Waals surface area contributed by atoms with Crippen LogP contribution in [-0.4, -0.2) is 47.1 Å². The molecule has 1 amide bonds. The van der Waals surface area contributed by atoms with Crippen LogP contribution in [0.4, 0.5) is 0 Å². The highest BCUT2D eigenvalue weighted by atomic mass is 16.4. The summed E-state index contributed by atoms with van der Waals surface area (Å²) in [6.07, 6.45) is 3.22. The van der Waals surface area contributed by atoms with Gasteiger partial charge >= 0.3 is 5.97 Å². The maximum atomic E-state index is 12.1. The Hall–Kier alpha value is -1.10. The molecule has 2 N–H and O–H groups in total. The van der Waals surface area contributed by atoms with Crippen molar-refractivity contribution in [3.8, 4) is 0 Å². The lowest BCUT2D eigenvalue weighted by Gasteiger charge is -2.25. The van der Waals surface area contributed by atoms with Gasteiger partial charge in [0.2, 0.25) is 5.91 Å². The highest BCUT2D eigenvalue weighted by Crippen LogP contribution is 2.42. The fourth-order valence-electron chi connectivity index (χ4n) is 3.55. The summed E-state index contributed by atoms with van der Waals surface area (Å²) in [6.45, 7) is 7.07. The van der Waals surface area contributed by atoms with Crippen molar-refractivity contribution in [1.82, 2.24) is 10.2 Å². The molecular formula is C15H26N2O3. The van der Waals surface area contributed by atoms with Crippen LogP contribution in [0.15, 0.2) is 0 Å². The lowest BCUT2D eigenvalue weighted by atomic mass is 9.94. The third kappa shape index (κ3) is 3.14. The second-order valence-corrected chi connectivity index (χ2v) is 6.67. The molecule has 5 nitrogen and oxygen atoms in total. The molecule has 2 rings (SSSR count). The fourth-order valence-corrected chi connectivity index (χ4v) is 3.55. The average Bonchev–Trinajstić information content (AvgIpc) is 2.87. The summed E-state index contributed by atoms with van der Waals surface area (Å²) in [7, 11) is 0. The van der Waals surface area contributed by atoms with Gasteiger partial charge in [0.25, 0.3) is 0 Å². The zero-order valence-corrected chi connectivity index (χ0v) is 12.6. The van der Waals surface area contributed by atoms with E-state index in [2.05, 4.69) is 19.2 Å². The first-order valence-electron chi connectivity index (χ1n) is 7.66. The normalized spacial score (nSPS) is 31.3. The Morgan fingerprint density at radius 1 is 1.30 bits per heavy atom. The summed E-state index contributed by atoms with van der Waals surface area (Å²) < 4.78 is 0. The molecule has 0 bridgehead atoms. The van der Waals surface area contributed by atoms with Gasteiger partial charge in [-0.2, -0.15) is 0 Å². The maximum absolute atomic E-state index is 12.1. The van der Waals surface area contributed by atoms with Gasteiger partial charge in [0.1, 0.15) is 6.04 Å². The molecule has 1 saturated heterocycles. The van der Waals surface area contributed by atoms with Crippen LogP contribution < -0.4 is 5.32 Å². The van der Waals surface area contributed by atoms with Gasteiger partial charge in [-0.05, 0) is 37.5 Å². The van der Waals surface area contributed by atoms with Crippen molar-refractivity contribution >= 4 is 11.9 Å². The second kappa shape index (κ2) is 6.12. The number of carboxylic acids is 1. The number of hydrogen-bond donors (Lipinski definition) is 2. The van der Waals surface area contributed by atoms with Gasteiger partial charge in [0.05, 0.1) is 6.54 Å². The smallest absolute Gasteiger partial charge is 0.321 e. The molecule has 5 heteroatoms. The van der Waals surface area contributed by atoms with Crippen molar-refractivity contribution < 1.29 is 14.7 Å². The lowest BCUT2D eigenvalue weighted by Crippen LogP contribution is -2.47. The van der Waals surface area contributed by atoms with Gasteiger partial charge in [-0.1, -0.05) is 20.3 Å². The molecule has 2 fully saturated rings. The van der Waals surface area contributed by atoms with E-state index >= 15 is 0 Å². The van der Waals surface area contributed by atoms with Gasteiger partial charge in [-0.3, -0.25) is 14.5 Å². The van der Waals surface area contributed by atoms with Crippen LogP contribution in [0.25, 0.3) is 0 Å². The Balaban J connectivity index is 1.94. The molecule has 0 aromatic rings. The van der Waals surface area contributed by atoms with E-state index < -0.39 is 12.0 Å². The van der Waals surface area contributed by atoms with Crippen LogP contribution in [0.3, 0.4) is 0 Å². The molecule has 0 aromatic heterocycles. The Morgan fingerprint density at radius 2 is 2.00 bits per heavy atom. The number of rotatable bonds is 5. The number of hydrogen-bond acceptors (Lipinski definition) is 3. The summed E-state index contributed by atoms with van der Waals surface area (Å²) in [5.41, 5.74) is 0. The summed E-state index contributed by atoms with van der Waals surface area (Å²) in [6, 6.07) is -0.351. The minimum absolute atomic E-state index is 0.0579. The van der Waals surface area contributed by atoms with Crippen LogP contribution in [0, 0.1) is 17.8 Å². The first kappa shape index (κ1) is 15.3. The second-order valence-electron chi connectivity index (χ2n) is 6.67. The Kier molecular flexibility index (Phi) is 4.68. The summed E-state index contributed by atoms with van der Waals surface area (Å²) in [5, 5.41) is 12.4. The maximum Gasteiger partial charge on any atom is 0.321 e. The molecule has 1 saturated carbocycles. The van der Waals surface area contributed by atoms with Crippen molar-refractivity contribution in [1.29, 1.82) is 0 Å². The number of fused-ring (bicyclic) bond motifs is 1. The minimum atomic E-state index is -0.774. The largest absolute Gasteiger partial charge is 0.480 e. The predicted molar refractivity (Wildman–Crippen MR) is 76.3 cm³/mol. The van der Waals surface area contributed by atoms with Crippen LogP contribution >= 0.6 is 0 Å². The first-order chi connectivity index (χ1) is 9.40. The van der Waals surface area contributed by atoms with Crippen molar-refractivity contribution in [2.24, 2.45) is 17.8 Å². The van der Waals surface area contributed by atoms with Gasteiger partial charge in [-0.15, -0.1) is 0 Å². The fraction of sp³-hybridized carbons (Fsp3) is 0.867. The molecule has 0 radical (unpaired) electrons. The Morgan fingerprint density at radius 3 is 2.60 bits per heavy atom. The molecule has 4 atom stereocenters. The number of nitrogens with one attached hydrogen (secondary N) is 1. The van der Waals surface area contributed by atoms with E-state index in [1.165, 1.54) is 0 Å². The molecule has 1 aliphatic heterocycles. The highest BCUT2D eigenvalue weighted by molar-refractivity contribution is 5.80. The van der Waals surface area contributed by atoms with Gasteiger partial charge in [0, 0.05) is 12.6 Å². The molecule has 4 unspecified atom stereocenters. The molecule has 114 valence electrons. The standard InChI is InChI=1S/C15H26N2O3/c1-9(2)10(3)16-13(18)8-17-7-11-5-4-6-12(11)14(17)15(19)20/h9-12,14H,4-8H2,1-3H3,(H,16,18)(H,19,20). The molecule has 0 spiro atoms. The topological polar surface area (TPSA) is 69.6 Å². The monoisotopic (exact) mass is 282 g/mol. The van der Waals surface area contributed by atoms with E-state index in [-0.39, 0.29) is 24.4 Å². The number of amides is 1. The van der Waals surface area contributed by atoms with E-state index in [0.29, 0.717) is 11.8 Å². The van der Waals surface area contributed by atoms with E-state index in [1.54, 1.807) is 0 Å². The minimum Gasteiger partial charge on any atom is -0.480 e. The van der Waals surface area contributed by atoms with Crippen LogP contribution in [-0.2, 0) is 9.59 Å². The zero-order valence-electron chi connectivity index (χ0n) is 12.6. The summed E-state index contributed by atoms with van der Waals surface area (Å²) >= 11 is 0. The predicted octanol–water partition coefficient (Wildman–Crippen LogP) is 1.33. The number of carbonyl (C=O) groups is 2. The Labute approximate surface area is 120 Å². The van der Waals surface area contributed by atoms with Crippen molar-refractivity contribution in [2.45, 2.75) is 52.1 Å². The number of nitrogens with zero attached hydrogens (tertiary/aromatic N) is 1. The van der Waals surface area contributed by atoms with Gasteiger partial charge in [-0.25, -0.2) is 0 Å². The summed E-state index contributed by atoms with van der Waals surface area (Å²) in [5.74, 6) is 0.253. The van der Waals surface area contributed by atoms with E-state index in [0.717, 1.165) is 25.8 Å². The first-order valence-corrected chi connectivity index (χ1v) is 7.66. The molecular weight excluding hydrogens is 256 g/mol. The molecule has 2 aliphatic rings. The zero-order chi connectivity index (χ0) is 14.9. The van der Waals surface area contributed by atoms with Crippen LogP contribution in [0.1, 0.15) is 40.0 Å². The van der Waals surface area contributed by atoms with Crippen molar-refractivity contribution in [3.05, 3.63) is 0 Å². The Bertz CT molecular complexity index is 383. The van der Waals surface area contributed by atoms with E-state index in [4.69, 9.17) is 0 Å². The number of aliphatic carboxylic acids is 1. The highest BCUT2D eigenvalue weighted by Gasteiger charge is 2.48. The van der Waals surface area contributed by atoms with E-state index in [9.17, 15) is 14.7 Å². The van der Waals surface area contributed by atoms with Crippen LogP contribution in [0.2, 0.25) is 0 Å². The third-order valence-corrected chi connectivity index (χ3v) is 4.97. The lowest BCUT2D eigenvalue weighted by molar-refractivity contribution is -0.144. The number of carboxylic acid groups (broad SMARTS) is 1. The van der Waals surface area contributed by atoms with Crippen molar-refractivity contribution in [2.75, 3.05) is 13.1 Å². The number of carbonyl (C=O) groups excluding carboxylic acids is 1. The molecule has 1 aliphatic carbocycles. The SMILES string of the molecule is CC(C)C(C)NC(=O)CN1CC2CCCC2C1C(=O)O. The molecule has 20 heavy (non-hydrogen) atoms. The quantitative estimate of drug-likeness (QED) is 0.798.